The zero-order valence-electron chi connectivity index (χ0n) is 13.5. The van der Waals surface area contributed by atoms with Crippen molar-refractivity contribution in [3.05, 3.63) is 0 Å². The van der Waals surface area contributed by atoms with E-state index in [1.165, 1.54) is 19.3 Å². The maximum atomic E-state index is 12.4. The summed E-state index contributed by atoms with van der Waals surface area (Å²) in [4.78, 5) is 24.2. The lowest BCUT2D eigenvalue weighted by atomic mass is 9.45. The minimum Gasteiger partial charge on any atom is -0.300 e. The molecule has 4 fully saturated rings. The van der Waals surface area contributed by atoms with Gasteiger partial charge in [-0.3, -0.25) is 9.59 Å². The predicted molar refractivity (Wildman–Crippen MR) is 81.7 cm³/mol. The van der Waals surface area contributed by atoms with Gasteiger partial charge in [-0.1, -0.05) is 13.8 Å². The zero-order chi connectivity index (χ0) is 14.8. The second-order valence-corrected chi connectivity index (χ2v) is 8.82. The van der Waals surface area contributed by atoms with Gasteiger partial charge < -0.3 is 0 Å². The van der Waals surface area contributed by atoms with E-state index >= 15 is 0 Å². The number of hydrogen-bond donors (Lipinski definition) is 0. The molecule has 0 saturated heterocycles. The monoisotopic (exact) mass is 288 g/mol. The fourth-order valence-electron chi connectivity index (χ4n) is 6.82. The molecule has 0 amide bonds. The predicted octanol–water partition coefficient (Wildman–Crippen LogP) is 4.17. The van der Waals surface area contributed by atoms with Crippen LogP contribution in [0.1, 0.15) is 71.6 Å². The molecule has 0 heterocycles. The Morgan fingerprint density at radius 3 is 2.52 bits per heavy atom. The molecule has 0 aromatic rings. The second-order valence-electron chi connectivity index (χ2n) is 8.82. The minimum absolute atomic E-state index is 0.00511. The van der Waals surface area contributed by atoms with Crippen LogP contribution < -0.4 is 0 Å². The summed E-state index contributed by atoms with van der Waals surface area (Å²) in [5.74, 6) is 3.82. The molecule has 2 nitrogen and oxygen atoms in total. The van der Waals surface area contributed by atoms with Gasteiger partial charge in [-0.05, 0) is 67.6 Å². The third kappa shape index (κ3) is 1.77. The summed E-state index contributed by atoms with van der Waals surface area (Å²) in [5, 5.41) is 0. The summed E-state index contributed by atoms with van der Waals surface area (Å²) in [6.45, 7) is 4.72. The van der Waals surface area contributed by atoms with Crippen LogP contribution in [0.2, 0.25) is 0 Å². The smallest absolute Gasteiger partial charge is 0.139 e. The van der Waals surface area contributed by atoms with Crippen molar-refractivity contribution in [3.8, 4) is 0 Å². The number of Topliss-reactive ketones (excluding diaryl/α,β-unsaturated/α-hetero) is 2. The first-order chi connectivity index (χ1) is 9.95. The highest BCUT2D eigenvalue weighted by Gasteiger charge is 2.60. The van der Waals surface area contributed by atoms with Crippen molar-refractivity contribution in [1.82, 2.24) is 0 Å². The summed E-state index contributed by atoms with van der Waals surface area (Å²) in [6, 6.07) is 0. The van der Waals surface area contributed by atoms with Gasteiger partial charge in [-0.25, -0.2) is 0 Å². The first-order valence-electron chi connectivity index (χ1n) is 9.00. The van der Waals surface area contributed by atoms with Crippen molar-refractivity contribution in [2.45, 2.75) is 71.6 Å². The van der Waals surface area contributed by atoms with Gasteiger partial charge in [-0.15, -0.1) is 0 Å². The van der Waals surface area contributed by atoms with Crippen molar-refractivity contribution >= 4 is 11.6 Å². The number of carbonyl (C=O) groups is 2. The molecule has 21 heavy (non-hydrogen) atoms. The first-order valence-corrected chi connectivity index (χ1v) is 9.00. The number of carbonyl (C=O) groups excluding carboxylic acids is 2. The summed E-state index contributed by atoms with van der Waals surface area (Å²) in [5.41, 5.74) is 0.374. The normalized spacial score (nSPS) is 53.0. The van der Waals surface area contributed by atoms with Crippen LogP contribution in [-0.4, -0.2) is 11.6 Å². The van der Waals surface area contributed by atoms with E-state index in [1.807, 2.05) is 0 Å². The minimum atomic E-state index is -0.00511. The van der Waals surface area contributed by atoms with E-state index < -0.39 is 0 Å². The molecule has 0 aliphatic heterocycles. The van der Waals surface area contributed by atoms with Crippen LogP contribution in [0.3, 0.4) is 0 Å². The Bertz CT molecular complexity index is 496. The molecule has 0 radical (unpaired) electrons. The van der Waals surface area contributed by atoms with Crippen LogP contribution in [0.25, 0.3) is 0 Å². The summed E-state index contributed by atoms with van der Waals surface area (Å²) < 4.78 is 0. The average Bonchev–Trinajstić information content (AvgIpc) is 2.76. The molecule has 0 spiro atoms. The highest BCUT2D eigenvalue weighted by atomic mass is 16.1. The van der Waals surface area contributed by atoms with Crippen molar-refractivity contribution in [1.29, 1.82) is 0 Å². The molecule has 116 valence electrons. The van der Waals surface area contributed by atoms with Crippen LogP contribution in [0.4, 0.5) is 0 Å². The number of ketones is 2. The largest absolute Gasteiger partial charge is 0.300 e. The quantitative estimate of drug-likeness (QED) is 0.670. The molecule has 6 atom stereocenters. The lowest BCUT2D eigenvalue weighted by Crippen LogP contribution is -2.53. The number of hydrogen-bond acceptors (Lipinski definition) is 2. The Kier molecular flexibility index (Phi) is 2.94. The van der Waals surface area contributed by atoms with Crippen LogP contribution in [0, 0.1) is 34.5 Å². The van der Waals surface area contributed by atoms with Gasteiger partial charge in [0.15, 0.2) is 0 Å². The van der Waals surface area contributed by atoms with E-state index in [0.29, 0.717) is 28.8 Å². The van der Waals surface area contributed by atoms with Crippen molar-refractivity contribution < 1.29 is 9.59 Å². The van der Waals surface area contributed by atoms with Crippen LogP contribution in [-0.2, 0) is 9.59 Å². The van der Waals surface area contributed by atoms with E-state index in [0.717, 1.165) is 50.4 Å². The maximum absolute atomic E-state index is 12.4. The average molecular weight is 288 g/mol. The number of fused-ring (bicyclic) bond motifs is 5. The standard InChI is InChI=1S/C19H28O2/c1-18-9-7-13(20)11-12(18)3-4-14-15-5-6-17(21)19(15,2)10-8-16(14)18/h12,14-16H,3-11H2,1-2H3/t12-,14-,15-,16-,18-,19+/m0/s1. The van der Waals surface area contributed by atoms with E-state index in [2.05, 4.69) is 13.8 Å². The first kappa shape index (κ1) is 14.0. The maximum Gasteiger partial charge on any atom is 0.139 e. The van der Waals surface area contributed by atoms with Gasteiger partial charge in [0.05, 0.1) is 0 Å². The fourth-order valence-corrected chi connectivity index (χ4v) is 6.82. The van der Waals surface area contributed by atoms with Gasteiger partial charge in [-0.2, -0.15) is 0 Å². The van der Waals surface area contributed by atoms with Gasteiger partial charge in [0.1, 0.15) is 11.6 Å². The molecule has 4 aliphatic rings. The van der Waals surface area contributed by atoms with Crippen LogP contribution in [0.15, 0.2) is 0 Å². The SMILES string of the molecule is C[C@]12CCC(=O)C[C@@H]1CC[C@@H]1[C@@H]2CC[C@@]2(C)C(=O)CC[C@@H]12. The topological polar surface area (TPSA) is 34.1 Å². The third-order valence-corrected chi connectivity index (χ3v) is 8.19. The van der Waals surface area contributed by atoms with E-state index in [1.54, 1.807) is 0 Å². The van der Waals surface area contributed by atoms with Crippen molar-refractivity contribution in [3.63, 3.8) is 0 Å². The molecule has 4 rings (SSSR count). The molecule has 0 bridgehead atoms. The highest BCUT2D eigenvalue weighted by molar-refractivity contribution is 5.87. The lowest BCUT2D eigenvalue weighted by molar-refractivity contribution is -0.144. The Morgan fingerprint density at radius 2 is 1.71 bits per heavy atom. The fraction of sp³-hybridized carbons (Fsp3) is 0.895. The van der Waals surface area contributed by atoms with Gasteiger partial charge in [0, 0.05) is 24.7 Å². The Hall–Kier alpha value is -0.660. The molecule has 2 heteroatoms. The van der Waals surface area contributed by atoms with Gasteiger partial charge >= 0.3 is 0 Å². The van der Waals surface area contributed by atoms with E-state index in [4.69, 9.17) is 0 Å². The molecular weight excluding hydrogens is 260 g/mol. The molecule has 4 saturated carbocycles. The van der Waals surface area contributed by atoms with Crippen LogP contribution >= 0.6 is 0 Å². The zero-order valence-corrected chi connectivity index (χ0v) is 13.5. The molecule has 0 aromatic heterocycles. The Labute approximate surface area is 128 Å². The second kappa shape index (κ2) is 4.43. The summed E-state index contributed by atoms with van der Waals surface area (Å²) in [6.07, 6.45) is 9.53. The Morgan fingerprint density at radius 1 is 0.905 bits per heavy atom. The Balaban J connectivity index is 1.65. The number of rotatable bonds is 0. The highest BCUT2D eigenvalue weighted by Crippen LogP contribution is 2.65. The lowest BCUT2D eigenvalue weighted by Gasteiger charge is -2.59. The molecule has 0 aromatic carbocycles. The van der Waals surface area contributed by atoms with Gasteiger partial charge in [0.25, 0.3) is 0 Å². The van der Waals surface area contributed by atoms with E-state index in [-0.39, 0.29) is 5.41 Å². The molecule has 0 unspecified atom stereocenters. The van der Waals surface area contributed by atoms with Gasteiger partial charge in [0.2, 0.25) is 0 Å². The van der Waals surface area contributed by atoms with Crippen molar-refractivity contribution in [2.24, 2.45) is 34.5 Å². The summed E-state index contributed by atoms with van der Waals surface area (Å²) >= 11 is 0. The molecule has 4 aliphatic carbocycles. The van der Waals surface area contributed by atoms with Crippen molar-refractivity contribution in [2.75, 3.05) is 0 Å². The molecular formula is C19H28O2. The molecule has 0 N–H and O–H groups in total. The summed E-state index contributed by atoms with van der Waals surface area (Å²) in [7, 11) is 0. The van der Waals surface area contributed by atoms with Crippen LogP contribution in [0.5, 0.6) is 0 Å². The van der Waals surface area contributed by atoms with E-state index in [9.17, 15) is 9.59 Å². The third-order valence-electron chi connectivity index (χ3n) is 8.19.